The molecule has 0 aliphatic carbocycles. The van der Waals surface area contributed by atoms with Crippen molar-refractivity contribution in [1.29, 1.82) is 0 Å². The van der Waals surface area contributed by atoms with Crippen LogP contribution in [0, 0.1) is 0 Å². The summed E-state index contributed by atoms with van der Waals surface area (Å²) in [6.07, 6.45) is 7.41. The monoisotopic (exact) mass is 277 g/mol. The molecule has 0 saturated heterocycles. The first kappa shape index (κ1) is 13.2. The summed E-state index contributed by atoms with van der Waals surface area (Å²) in [6, 6.07) is 7.78. The number of hydrogen-bond acceptors (Lipinski definition) is 5. The molecule has 1 aromatic carbocycles. The second-order valence-electron chi connectivity index (χ2n) is 3.58. The third kappa shape index (κ3) is 3.36. The van der Waals surface area contributed by atoms with Gasteiger partial charge in [-0.1, -0.05) is 28.8 Å². The molecule has 1 aromatic rings. The summed E-state index contributed by atoms with van der Waals surface area (Å²) in [5.74, 6) is 0. The van der Waals surface area contributed by atoms with E-state index >= 15 is 0 Å². The highest BCUT2D eigenvalue weighted by Gasteiger charge is 2.11. The van der Waals surface area contributed by atoms with E-state index in [2.05, 4.69) is 9.63 Å². The Morgan fingerprint density at radius 2 is 1.89 bits per heavy atom. The number of sulfonamides is 1. The van der Waals surface area contributed by atoms with Crippen LogP contribution in [0.25, 0.3) is 0 Å². The van der Waals surface area contributed by atoms with Crippen LogP contribution < -0.4 is 0 Å². The van der Waals surface area contributed by atoms with Gasteiger partial charge in [-0.05, 0) is 24.3 Å². The molecule has 1 aliphatic heterocycles. The molecule has 6 nitrogen and oxygen atoms in total. The number of nitrogens with zero attached hydrogens (tertiary/aromatic N) is 3. The van der Waals surface area contributed by atoms with E-state index in [9.17, 15) is 13.6 Å². The molecule has 7 heteroatoms. The average molecular weight is 277 g/mol. The number of hydroxylamine groups is 2. The zero-order chi connectivity index (χ0) is 13.7. The van der Waals surface area contributed by atoms with Gasteiger partial charge >= 0.3 is 0 Å². The molecule has 98 valence electrons. The standard InChI is InChI=1S/C12H11N3O3S/c16-15-9-5-4-6-11(15)10-13-14-19(17,18)12-7-2-1-3-8-12/h1-10,16H/b11-10-,14-13?. The van der Waals surface area contributed by atoms with Crippen LogP contribution in [0.3, 0.4) is 0 Å². The maximum atomic E-state index is 11.8. The zero-order valence-corrected chi connectivity index (χ0v) is 10.6. The lowest BCUT2D eigenvalue weighted by molar-refractivity contribution is -0.000512. The van der Waals surface area contributed by atoms with Crippen LogP contribution in [-0.2, 0) is 10.0 Å². The minimum Gasteiger partial charge on any atom is -0.284 e. The topological polar surface area (TPSA) is 82.3 Å². The van der Waals surface area contributed by atoms with Gasteiger partial charge in [0.2, 0.25) is 0 Å². The first-order valence-corrected chi connectivity index (χ1v) is 6.79. The SMILES string of the molecule is O=S(=O)(N=N/C=C1/C=CC=CN1O)c1ccccc1. The van der Waals surface area contributed by atoms with Gasteiger partial charge in [-0.3, -0.25) is 5.21 Å². The Morgan fingerprint density at radius 1 is 1.16 bits per heavy atom. The Labute approximate surface area is 110 Å². The number of rotatable bonds is 3. The third-order valence-electron chi connectivity index (χ3n) is 2.26. The molecule has 0 aromatic heterocycles. The number of hydrogen-bond donors (Lipinski definition) is 1. The van der Waals surface area contributed by atoms with Gasteiger partial charge in [0.1, 0.15) is 0 Å². The molecular weight excluding hydrogens is 266 g/mol. The molecule has 0 atom stereocenters. The lowest BCUT2D eigenvalue weighted by atomic mass is 10.3. The van der Waals surface area contributed by atoms with Crippen LogP contribution in [0.1, 0.15) is 0 Å². The number of allylic oxidation sites excluding steroid dienone is 3. The summed E-state index contributed by atoms with van der Waals surface area (Å²) in [6.45, 7) is 0. The van der Waals surface area contributed by atoms with Crippen molar-refractivity contribution in [2.45, 2.75) is 4.90 Å². The molecule has 2 rings (SSSR count). The van der Waals surface area contributed by atoms with Crippen LogP contribution in [-0.4, -0.2) is 18.7 Å². The first-order chi connectivity index (χ1) is 9.09. The fraction of sp³-hybridized carbons (Fsp3) is 0. The molecule has 0 fully saturated rings. The Kier molecular flexibility index (Phi) is 3.88. The predicted octanol–water partition coefficient (Wildman–Crippen LogP) is 2.44. The van der Waals surface area contributed by atoms with Gasteiger partial charge in [-0.15, -0.1) is 5.11 Å². The van der Waals surface area contributed by atoms with Crippen molar-refractivity contribution < 1.29 is 13.6 Å². The van der Waals surface area contributed by atoms with Gasteiger partial charge in [0.15, 0.2) is 0 Å². The summed E-state index contributed by atoms with van der Waals surface area (Å²) in [4.78, 5) is 0.0667. The van der Waals surface area contributed by atoms with Crippen molar-refractivity contribution in [2.75, 3.05) is 0 Å². The van der Waals surface area contributed by atoms with E-state index in [0.29, 0.717) is 5.70 Å². The summed E-state index contributed by atoms with van der Waals surface area (Å²) in [5.41, 5.74) is 0.314. The smallest absolute Gasteiger partial charge is 0.284 e. The van der Waals surface area contributed by atoms with E-state index in [1.807, 2.05) is 0 Å². The predicted molar refractivity (Wildman–Crippen MR) is 68.5 cm³/mol. The van der Waals surface area contributed by atoms with Crippen molar-refractivity contribution in [3.05, 3.63) is 66.7 Å². The van der Waals surface area contributed by atoms with Crippen molar-refractivity contribution in [1.82, 2.24) is 5.06 Å². The third-order valence-corrected chi connectivity index (χ3v) is 3.43. The first-order valence-electron chi connectivity index (χ1n) is 5.35. The molecule has 0 unspecified atom stereocenters. The van der Waals surface area contributed by atoms with Crippen LogP contribution in [0.4, 0.5) is 0 Å². The van der Waals surface area contributed by atoms with Crippen molar-refractivity contribution in [3.8, 4) is 0 Å². The maximum absolute atomic E-state index is 11.8. The molecule has 1 N–H and O–H groups in total. The summed E-state index contributed by atoms with van der Waals surface area (Å²) in [5, 5.41) is 13.7. The van der Waals surface area contributed by atoms with E-state index in [-0.39, 0.29) is 4.90 Å². The van der Waals surface area contributed by atoms with Crippen LogP contribution >= 0.6 is 0 Å². The van der Waals surface area contributed by atoms with Crippen LogP contribution in [0.15, 0.2) is 81.2 Å². The second kappa shape index (κ2) is 5.59. The van der Waals surface area contributed by atoms with Gasteiger partial charge in [0, 0.05) is 6.20 Å². The van der Waals surface area contributed by atoms with Gasteiger partial charge < -0.3 is 0 Å². The Morgan fingerprint density at radius 3 is 2.58 bits per heavy atom. The highest BCUT2D eigenvalue weighted by atomic mass is 32.2. The van der Waals surface area contributed by atoms with E-state index in [1.54, 1.807) is 36.4 Å². The second-order valence-corrected chi connectivity index (χ2v) is 5.17. The summed E-state index contributed by atoms with van der Waals surface area (Å²) < 4.78 is 26.8. The quantitative estimate of drug-likeness (QED) is 0.860. The summed E-state index contributed by atoms with van der Waals surface area (Å²) >= 11 is 0. The fourth-order valence-electron chi connectivity index (χ4n) is 1.33. The lowest BCUT2D eigenvalue weighted by Gasteiger charge is -2.13. The van der Waals surface area contributed by atoms with Gasteiger partial charge in [-0.25, -0.2) is 5.06 Å². The molecule has 19 heavy (non-hydrogen) atoms. The van der Waals surface area contributed by atoms with E-state index in [1.165, 1.54) is 18.3 Å². The molecule has 1 heterocycles. The normalized spacial score (nSPS) is 17.5. The van der Waals surface area contributed by atoms with Crippen molar-refractivity contribution >= 4 is 10.0 Å². The Bertz CT molecular complexity index is 661. The highest BCUT2D eigenvalue weighted by Crippen LogP contribution is 2.13. The highest BCUT2D eigenvalue weighted by molar-refractivity contribution is 7.90. The zero-order valence-electron chi connectivity index (χ0n) is 9.79. The molecule has 0 radical (unpaired) electrons. The average Bonchev–Trinajstić information content (AvgIpc) is 2.42. The van der Waals surface area contributed by atoms with Gasteiger partial charge in [-0.2, -0.15) is 8.42 Å². The minimum absolute atomic E-state index is 0.0667. The van der Waals surface area contributed by atoms with Crippen molar-refractivity contribution in [2.24, 2.45) is 9.63 Å². The minimum atomic E-state index is -3.81. The largest absolute Gasteiger partial charge is 0.299 e. The molecule has 0 amide bonds. The molecule has 0 bridgehead atoms. The van der Waals surface area contributed by atoms with Crippen LogP contribution in [0.5, 0.6) is 0 Å². The van der Waals surface area contributed by atoms with E-state index in [0.717, 1.165) is 11.3 Å². The summed E-state index contributed by atoms with van der Waals surface area (Å²) in [7, 11) is -3.81. The molecular formula is C12H11N3O3S. The van der Waals surface area contributed by atoms with E-state index < -0.39 is 10.0 Å². The lowest BCUT2D eigenvalue weighted by Crippen LogP contribution is -2.10. The van der Waals surface area contributed by atoms with Crippen LogP contribution in [0.2, 0.25) is 0 Å². The fourth-order valence-corrected chi connectivity index (χ4v) is 2.10. The molecule has 0 spiro atoms. The Hall–Kier alpha value is -2.25. The maximum Gasteiger partial charge on any atom is 0.299 e. The number of benzene rings is 1. The Balaban J connectivity index is 2.18. The molecule has 1 aliphatic rings. The van der Waals surface area contributed by atoms with Gasteiger partial charge in [0.25, 0.3) is 10.0 Å². The van der Waals surface area contributed by atoms with E-state index in [4.69, 9.17) is 0 Å². The van der Waals surface area contributed by atoms with Gasteiger partial charge in [0.05, 0.1) is 16.8 Å². The molecule has 0 saturated carbocycles. The van der Waals surface area contributed by atoms with Crippen molar-refractivity contribution in [3.63, 3.8) is 0 Å².